The molecule has 1 aromatic rings. The van der Waals surface area contributed by atoms with Gasteiger partial charge in [-0.25, -0.2) is 4.79 Å². The molecular formula is C14H19N3O2. The van der Waals surface area contributed by atoms with Gasteiger partial charge in [-0.15, -0.1) is 0 Å². The summed E-state index contributed by atoms with van der Waals surface area (Å²) in [6.07, 6.45) is 1.99. The molecule has 1 aliphatic heterocycles. The third kappa shape index (κ3) is 3.10. The van der Waals surface area contributed by atoms with E-state index in [0.29, 0.717) is 12.1 Å². The Kier molecular flexibility index (Phi) is 3.55. The second-order valence-corrected chi connectivity index (χ2v) is 5.87. The molecule has 0 saturated carbocycles. The number of hydrogen-bond donors (Lipinski definition) is 1. The number of pyridine rings is 1. The van der Waals surface area contributed by atoms with Crippen LogP contribution in [0.2, 0.25) is 0 Å². The largest absolute Gasteiger partial charge is 0.334 e. The molecule has 0 bridgehead atoms. The first-order valence-electron chi connectivity index (χ1n) is 6.38. The second kappa shape index (κ2) is 4.99. The Morgan fingerprint density at radius 3 is 2.63 bits per heavy atom. The molecule has 5 heteroatoms. The normalized spacial score (nSPS) is 20.4. The molecule has 3 amide bonds. The summed E-state index contributed by atoms with van der Waals surface area (Å²) in [6.45, 7) is 6.27. The summed E-state index contributed by atoms with van der Waals surface area (Å²) in [5, 5.41) is 2.90. The van der Waals surface area contributed by atoms with Gasteiger partial charge in [0, 0.05) is 18.7 Å². The maximum atomic E-state index is 12.1. The molecule has 0 unspecified atom stereocenters. The highest BCUT2D eigenvalue weighted by Gasteiger charge is 2.37. The van der Waals surface area contributed by atoms with Crippen LogP contribution in [0.25, 0.3) is 0 Å². The van der Waals surface area contributed by atoms with Crippen LogP contribution in [0.3, 0.4) is 0 Å². The number of nitrogens with one attached hydrogen (secondary N) is 1. The summed E-state index contributed by atoms with van der Waals surface area (Å²) in [6, 6.07) is 4.99. The lowest BCUT2D eigenvalue weighted by Crippen LogP contribution is -2.58. The number of nitrogens with zero attached hydrogens (tertiary/aromatic N) is 2. The van der Waals surface area contributed by atoms with E-state index in [4.69, 9.17) is 0 Å². The number of carbonyl (C=O) groups excluding carboxylic acids is 2. The Bertz CT molecular complexity index is 461. The molecule has 2 heterocycles. The van der Waals surface area contributed by atoms with Crippen molar-refractivity contribution >= 4 is 11.9 Å². The standard InChI is InChI=1S/C14H19N3O2/c1-14(2,3)11-8-12(18)17(13(19)16-11)9-10-6-4-5-7-15-10/h4-7,11H,8-9H2,1-3H3,(H,16,19)/t11-/m0/s1. The average Bonchev–Trinajstić information content (AvgIpc) is 2.33. The van der Waals surface area contributed by atoms with Crippen molar-refractivity contribution in [2.45, 2.75) is 39.8 Å². The van der Waals surface area contributed by atoms with Crippen LogP contribution < -0.4 is 5.32 Å². The number of amides is 3. The Morgan fingerprint density at radius 2 is 2.11 bits per heavy atom. The molecule has 0 spiro atoms. The molecule has 0 radical (unpaired) electrons. The highest BCUT2D eigenvalue weighted by Crippen LogP contribution is 2.25. The van der Waals surface area contributed by atoms with Gasteiger partial charge in [0.2, 0.25) is 5.91 Å². The number of rotatable bonds is 2. The summed E-state index contributed by atoms with van der Waals surface area (Å²) in [5.74, 6) is -0.144. The molecule has 1 aliphatic rings. The van der Waals surface area contributed by atoms with E-state index >= 15 is 0 Å². The molecule has 5 nitrogen and oxygen atoms in total. The first-order valence-corrected chi connectivity index (χ1v) is 6.38. The number of hydrogen-bond acceptors (Lipinski definition) is 3. The minimum atomic E-state index is -0.332. The molecule has 1 fully saturated rings. The van der Waals surface area contributed by atoms with Gasteiger partial charge in [0.15, 0.2) is 0 Å². The summed E-state index contributed by atoms with van der Waals surface area (Å²) < 4.78 is 0. The van der Waals surface area contributed by atoms with Crippen molar-refractivity contribution < 1.29 is 9.59 Å². The molecule has 2 rings (SSSR count). The molecule has 102 valence electrons. The lowest BCUT2D eigenvalue weighted by molar-refractivity contribution is -0.131. The van der Waals surface area contributed by atoms with E-state index in [1.807, 2.05) is 26.8 Å². The van der Waals surface area contributed by atoms with Crippen LogP contribution in [-0.2, 0) is 11.3 Å². The minimum Gasteiger partial charge on any atom is -0.334 e. The number of carbonyl (C=O) groups is 2. The predicted molar refractivity (Wildman–Crippen MR) is 71.2 cm³/mol. The van der Waals surface area contributed by atoms with E-state index < -0.39 is 0 Å². The monoisotopic (exact) mass is 261 g/mol. The third-order valence-corrected chi connectivity index (χ3v) is 3.31. The maximum absolute atomic E-state index is 12.1. The topological polar surface area (TPSA) is 62.3 Å². The van der Waals surface area contributed by atoms with E-state index in [1.165, 1.54) is 4.90 Å². The summed E-state index contributed by atoms with van der Waals surface area (Å²) >= 11 is 0. The first kappa shape index (κ1) is 13.5. The van der Waals surface area contributed by atoms with E-state index in [1.54, 1.807) is 18.3 Å². The molecule has 0 aromatic carbocycles. The van der Waals surface area contributed by atoms with Gasteiger partial charge in [-0.1, -0.05) is 26.8 Å². The van der Waals surface area contributed by atoms with Crippen molar-refractivity contribution in [2.24, 2.45) is 5.41 Å². The number of aromatic nitrogens is 1. The van der Waals surface area contributed by atoms with Crippen LogP contribution in [0, 0.1) is 5.41 Å². The Balaban J connectivity index is 2.09. The van der Waals surface area contributed by atoms with Gasteiger partial charge >= 0.3 is 6.03 Å². The zero-order valence-corrected chi connectivity index (χ0v) is 11.5. The predicted octanol–water partition coefficient (Wildman–Crippen LogP) is 1.94. The Labute approximate surface area is 113 Å². The van der Waals surface area contributed by atoms with Crippen LogP contribution in [-0.4, -0.2) is 27.9 Å². The second-order valence-electron chi connectivity index (χ2n) is 5.87. The van der Waals surface area contributed by atoms with Crippen LogP contribution in [0.5, 0.6) is 0 Å². The summed E-state index contributed by atoms with van der Waals surface area (Å²) in [4.78, 5) is 29.5. The fraction of sp³-hybridized carbons (Fsp3) is 0.500. The smallest absolute Gasteiger partial charge is 0.324 e. The highest BCUT2D eigenvalue weighted by atomic mass is 16.2. The molecule has 1 aromatic heterocycles. The van der Waals surface area contributed by atoms with Gasteiger partial charge in [-0.2, -0.15) is 0 Å². The quantitative estimate of drug-likeness (QED) is 0.885. The lowest BCUT2D eigenvalue weighted by atomic mass is 9.83. The zero-order chi connectivity index (χ0) is 14.0. The van der Waals surface area contributed by atoms with Crippen molar-refractivity contribution in [3.8, 4) is 0 Å². The summed E-state index contributed by atoms with van der Waals surface area (Å²) in [5.41, 5.74) is 0.586. The van der Waals surface area contributed by atoms with Crippen molar-refractivity contribution in [2.75, 3.05) is 0 Å². The summed E-state index contributed by atoms with van der Waals surface area (Å²) in [7, 11) is 0. The third-order valence-electron chi connectivity index (χ3n) is 3.31. The molecule has 1 atom stereocenters. The van der Waals surface area contributed by atoms with Crippen LogP contribution >= 0.6 is 0 Å². The average molecular weight is 261 g/mol. The molecule has 1 saturated heterocycles. The van der Waals surface area contributed by atoms with Gasteiger partial charge in [-0.05, 0) is 17.5 Å². The molecule has 0 aliphatic carbocycles. The van der Waals surface area contributed by atoms with Crippen LogP contribution in [0.1, 0.15) is 32.9 Å². The van der Waals surface area contributed by atoms with Gasteiger partial charge in [-0.3, -0.25) is 14.7 Å². The van der Waals surface area contributed by atoms with Crippen LogP contribution in [0.4, 0.5) is 4.79 Å². The van der Waals surface area contributed by atoms with Gasteiger partial charge in [0.1, 0.15) is 0 Å². The van der Waals surface area contributed by atoms with Crippen LogP contribution in [0.15, 0.2) is 24.4 Å². The van der Waals surface area contributed by atoms with Crippen molar-refractivity contribution in [1.82, 2.24) is 15.2 Å². The van der Waals surface area contributed by atoms with E-state index in [9.17, 15) is 9.59 Å². The fourth-order valence-electron chi connectivity index (χ4n) is 2.01. The Morgan fingerprint density at radius 1 is 1.37 bits per heavy atom. The maximum Gasteiger partial charge on any atom is 0.324 e. The van der Waals surface area contributed by atoms with Crippen molar-refractivity contribution in [1.29, 1.82) is 0 Å². The zero-order valence-electron chi connectivity index (χ0n) is 11.5. The van der Waals surface area contributed by atoms with Gasteiger partial charge < -0.3 is 5.32 Å². The van der Waals surface area contributed by atoms with Crippen molar-refractivity contribution in [3.05, 3.63) is 30.1 Å². The number of urea groups is 1. The molecular weight excluding hydrogens is 242 g/mol. The highest BCUT2D eigenvalue weighted by molar-refractivity contribution is 5.97. The van der Waals surface area contributed by atoms with Gasteiger partial charge in [0.25, 0.3) is 0 Å². The van der Waals surface area contributed by atoms with E-state index in [2.05, 4.69) is 10.3 Å². The van der Waals surface area contributed by atoms with Crippen molar-refractivity contribution in [3.63, 3.8) is 0 Å². The first-order chi connectivity index (χ1) is 8.88. The van der Waals surface area contributed by atoms with Gasteiger partial charge in [0.05, 0.1) is 12.2 Å². The lowest BCUT2D eigenvalue weighted by Gasteiger charge is -2.37. The molecule has 19 heavy (non-hydrogen) atoms. The van der Waals surface area contributed by atoms with E-state index in [-0.39, 0.29) is 29.9 Å². The van der Waals surface area contributed by atoms with E-state index in [0.717, 1.165) is 0 Å². The SMILES string of the molecule is CC(C)(C)[C@@H]1CC(=O)N(Cc2ccccn2)C(=O)N1. The number of imide groups is 1. The Hall–Kier alpha value is -1.91. The molecule has 1 N–H and O–H groups in total. The fourth-order valence-corrected chi connectivity index (χ4v) is 2.01. The minimum absolute atomic E-state index is 0.118.